The standard InChI is InChI=1S/C17H19NO/c1-12(2)16-6-4-5-7-17(16)14-8-10-15(11-9-14)18-13(3)19/h4-12H,1-3H3,(H,18,19). The molecule has 1 amide bonds. The lowest BCUT2D eigenvalue weighted by Crippen LogP contribution is -2.05. The van der Waals surface area contributed by atoms with Gasteiger partial charge in [0, 0.05) is 12.6 Å². The molecule has 2 nitrogen and oxygen atoms in total. The van der Waals surface area contributed by atoms with Gasteiger partial charge in [-0.15, -0.1) is 0 Å². The maximum Gasteiger partial charge on any atom is 0.221 e. The van der Waals surface area contributed by atoms with Gasteiger partial charge < -0.3 is 5.32 Å². The minimum absolute atomic E-state index is 0.0460. The molecule has 0 aliphatic carbocycles. The zero-order valence-corrected chi connectivity index (χ0v) is 11.6. The van der Waals surface area contributed by atoms with Crippen LogP contribution in [0.2, 0.25) is 0 Å². The molecular weight excluding hydrogens is 234 g/mol. The lowest BCUT2D eigenvalue weighted by atomic mass is 9.93. The molecule has 2 heteroatoms. The third kappa shape index (κ3) is 3.22. The first-order valence-corrected chi connectivity index (χ1v) is 6.55. The van der Waals surface area contributed by atoms with Crippen LogP contribution in [0.15, 0.2) is 48.5 Å². The molecule has 0 unspecified atom stereocenters. The van der Waals surface area contributed by atoms with E-state index in [2.05, 4.69) is 43.4 Å². The van der Waals surface area contributed by atoms with Crippen molar-refractivity contribution in [3.8, 4) is 11.1 Å². The van der Waals surface area contributed by atoms with Crippen LogP contribution in [0.3, 0.4) is 0 Å². The Kier molecular flexibility index (Phi) is 4.00. The quantitative estimate of drug-likeness (QED) is 0.861. The fourth-order valence-electron chi connectivity index (χ4n) is 2.20. The highest BCUT2D eigenvalue weighted by molar-refractivity contribution is 5.89. The molecule has 0 atom stereocenters. The van der Waals surface area contributed by atoms with Gasteiger partial charge >= 0.3 is 0 Å². The molecule has 0 heterocycles. The van der Waals surface area contributed by atoms with Gasteiger partial charge in [0.1, 0.15) is 0 Å². The van der Waals surface area contributed by atoms with Gasteiger partial charge in [0.05, 0.1) is 0 Å². The summed E-state index contributed by atoms with van der Waals surface area (Å²) in [6.07, 6.45) is 0. The van der Waals surface area contributed by atoms with Crippen molar-refractivity contribution < 1.29 is 4.79 Å². The Morgan fingerprint density at radius 1 is 1.00 bits per heavy atom. The van der Waals surface area contributed by atoms with Crippen molar-refractivity contribution in [1.29, 1.82) is 0 Å². The van der Waals surface area contributed by atoms with Gasteiger partial charge in [-0.25, -0.2) is 0 Å². The van der Waals surface area contributed by atoms with Crippen LogP contribution in [0, 0.1) is 0 Å². The average molecular weight is 253 g/mol. The zero-order chi connectivity index (χ0) is 13.8. The predicted molar refractivity (Wildman–Crippen MR) is 80.3 cm³/mol. The molecule has 0 radical (unpaired) electrons. The van der Waals surface area contributed by atoms with Crippen LogP contribution in [-0.2, 0) is 4.79 Å². The molecule has 0 aliphatic heterocycles. The Balaban J connectivity index is 2.35. The van der Waals surface area contributed by atoms with Crippen LogP contribution in [0.1, 0.15) is 32.3 Å². The molecule has 0 aromatic heterocycles. The van der Waals surface area contributed by atoms with Crippen molar-refractivity contribution in [3.05, 3.63) is 54.1 Å². The fraction of sp³-hybridized carbons (Fsp3) is 0.235. The number of carbonyl (C=O) groups is 1. The second kappa shape index (κ2) is 5.70. The Hall–Kier alpha value is -2.09. The molecular formula is C17H19NO. The van der Waals surface area contributed by atoms with Gasteiger partial charge in [0.2, 0.25) is 5.91 Å². The van der Waals surface area contributed by atoms with Gasteiger partial charge in [-0.1, -0.05) is 50.2 Å². The van der Waals surface area contributed by atoms with Crippen LogP contribution in [0.25, 0.3) is 11.1 Å². The summed E-state index contributed by atoms with van der Waals surface area (Å²) in [6, 6.07) is 16.4. The predicted octanol–water partition coefficient (Wildman–Crippen LogP) is 4.44. The summed E-state index contributed by atoms with van der Waals surface area (Å²) >= 11 is 0. The molecule has 0 fully saturated rings. The van der Waals surface area contributed by atoms with Crippen LogP contribution in [0.4, 0.5) is 5.69 Å². The lowest BCUT2D eigenvalue weighted by Gasteiger charge is -2.13. The second-order valence-electron chi connectivity index (χ2n) is 5.00. The van der Waals surface area contributed by atoms with E-state index < -0.39 is 0 Å². The van der Waals surface area contributed by atoms with Crippen LogP contribution < -0.4 is 5.32 Å². The van der Waals surface area contributed by atoms with E-state index >= 15 is 0 Å². The third-order valence-electron chi connectivity index (χ3n) is 3.10. The van der Waals surface area contributed by atoms with Crippen molar-refractivity contribution >= 4 is 11.6 Å². The largest absolute Gasteiger partial charge is 0.326 e. The molecule has 2 aromatic carbocycles. The Morgan fingerprint density at radius 2 is 1.63 bits per heavy atom. The van der Waals surface area contributed by atoms with E-state index in [1.165, 1.54) is 23.6 Å². The number of carbonyl (C=O) groups excluding carboxylic acids is 1. The highest BCUT2D eigenvalue weighted by atomic mass is 16.1. The second-order valence-corrected chi connectivity index (χ2v) is 5.00. The molecule has 2 aromatic rings. The molecule has 98 valence electrons. The molecule has 19 heavy (non-hydrogen) atoms. The average Bonchev–Trinajstić information content (AvgIpc) is 2.39. The Morgan fingerprint density at radius 3 is 2.21 bits per heavy atom. The van der Waals surface area contributed by atoms with E-state index in [-0.39, 0.29) is 5.91 Å². The fourth-order valence-corrected chi connectivity index (χ4v) is 2.20. The molecule has 2 rings (SSSR count). The molecule has 0 saturated heterocycles. The normalized spacial score (nSPS) is 10.5. The minimum Gasteiger partial charge on any atom is -0.326 e. The number of amides is 1. The van der Waals surface area contributed by atoms with E-state index in [1.54, 1.807) is 0 Å². The molecule has 1 N–H and O–H groups in total. The first-order chi connectivity index (χ1) is 9.08. The van der Waals surface area contributed by atoms with Crippen LogP contribution >= 0.6 is 0 Å². The van der Waals surface area contributed by atoms with Crippen LogP contribution in [-0.4, -0.2) is 5.91 Å². The topological polar surface area (TPSA) is 29.1 Å². The van der Waals surface area contributed by atoms with Gasteiger partial charge in [0.15, 0.2) is 0 Å². The summed E-state index contributed by atoms with van der Waals surface area (Å²) in [7, 11) is 0. The van der Waals surface area contributed by atoms with Crippen molar-refractivity contribution in [2.45, 2.75) is 26.7 Å². The first kappa shape index (κ1) is 13.3. The first-order valence-electron chi connectivity index (χ1n) is 6.55. The van der Waals surface area contributed by atoms with E-state index in [1.807, 2.05) is 24.3 Å². The summed E-state index contributed by atoms with van der Waals surface area (Å²) < 4.78 is 0. The lowest BCUT2D eigenvalue weighted by molar-refractivity contribution is -0.114. The number of rotatable bonds is 3. The van der Waals surface area contributed by atoms with Crippen molar-refractivity contribution in [2.24, 2.45) is 0 Å². The number of hydrogen-bond donors (Lipinski definition) is 1. The summed E-state index contributed by atoms with van der Waals surface area (Å²) in [5.41, 5.74) is 4.61. The van der Waals surface area contributed by atoms with Crippen molar-refractivity contribution in [3.63, 3.8) is 0 Å². The maximum absolute atomic E-state index is 11.0. The van der Waals surface area contributed by atoms with Crippen molar-refractivity contribution in [1.82, 2.24) is 0 Å². The Bertz CT molecular complexity index is 570. The minimum atomic E-state index is -0.0460. The molecule has 0 aliphatic rings. The smallest absolute Gasteiger partial charge is 0.221 e. The van der Waals surface area contributed by atoms with E-state index in [9.17, 15) is 4.79 Å². The number of anilines is 1. The third-order valence-corrected chi connectivity index (χ3v) is 3.10. The highest BCUT2D eigenvalue weighted by Crippen LogP contribution is 2.29. The Labute approximate surface area is 114 Å². The highest BCUT2D eigenvalue weighted by Gasteiger charge is 2.07. The molecule has 0 spiro atoms. The SMILES string of the molecule is CC(=O)Nc1ccc(-c2ccccc2C(C)C)cc1. The number of benzene rings is 2. The number of nitrogens with one attached hydrogen (secondary N) is 1. The molecule has 0 bridgehead atoms. The van der Waals surface area contributed by atoms with Gasteiger partial charge in [-0.3, -0.25) is 4.79 Å². The summed E-state index contributed by atoms with van der Waals surface area (Å²) in [4.78, 5) is 11.0. The zero-order valence-electron chi connectivity index (χ0n) is 11.6. The monoisotopic (exact) mass is 253 g/mol. The van der Waals surface area contributed by atoms with Gasteiger partial charge in [-0.05, 0) is 34.7 Å². The van der Waals surface area contributed by atoms with Crippen molar-refractivity contribution in [2.75, 3.05) is 5.32 Å². The van der Waals surface area contributed by atoms with E-state index in [0.717, 1.165) is 5.69 Å². The van der Waals surface area contributed by atoms with Gasteiger partial charge in [0.25, 0.3) is 0 Å². The summed E-state index contributed by atoms with van der Waals surface area (Å²) in [5.74, 6) is 0.446. The maximum atomic E-state index is 11.0. The van der Waals surface area contributed by atoms with E-state index in [0.29, 0.717) is 5.92 Å². The number of hydrogen-bond acceptors (Lipinski definition) is 1. The van der Waals surface area contributed by atoms with Gasteiger partial charge in [-0.2, -0.15) is 0 Å². The summed E-state index contributed by atoms with van der Waals surface area (Å²) in [5, 5.41) is 2.78. The summed E-state index contributed by atoms with van der Waals surface area (Å²) in [6.45, 7) is 5.91. The van der Waals surface area contributed by atoms with E-state index in [4.69, 9.17) is 0 Å². The molecule has 0 saturated carbocycles. The van der Waals surface area contributed by atoms with Crippen LogP contribution in [0.5, 0.6) is 0 Å².